The van der Waals surface area contributed by atoms with E-state index in [0.717, 1.165) is 12.0 Å². The van der Waals surface area contributed by atoms with Crippen molar-refractivity contribution in [3.05, 3.63) is 59.7 Å². The lowest BCUT2D eigenvalue weighted by Gasteiger charge is -2.20. The Morgan fingerprint density at radius 1 is 1.40 bits per heavy atom. The molecule has 0 bridgehead atoms. The highest BCUT2D eigenvalue weighted by Gasteiger charge is 2.11. The molecule has 0 aliphatic heterocycles. The average Bonchev–Trinajstić information content (AvgIpc) is 2.63. The lowest BCUT2D eigenvalue weighted by molar-refractivity contribution is -0.122. The molecule has 4 nitrogen and oxygen atoms in total. The molecule has 0 atom stereocenters. The second kappa shape index (κ2) is 10.5. The van der Waals surface area contributed by atoms with Crippen LogP contribution in [0.4, 0.5) is 0 Å². The third-order valence-corrected chi connectivity index (χ3v) is 4.37. The van der Waals surface area contributed by atoms with Gasteiger partial charge in [0.1, 0.15) is 0 Å². The van der Waals surface area contributed by atoms with Crippen LogP contribution in [0.3, 0.4) is 0 Å². The van der Waals surface area contributed by atoms with Gasteiger partial charge in [0.25, 0.3) is 0 Å². The van der Waals surface area contributed by atoms with E-state index >= 15 is 0 Å². The van der Waals surface area contributed by atoms with E-state index in [9.17, 15) is 4.79 Å². The second-order valence-corrected chi connectivity index (χ2v) is 6.48. The number of allylic oxidation sites excluding steroid dienone is 1. The van der Waals surface area contributed by atoms with Crippen LogP contribution in [-0.2, 0) is 11.3 Å². The Hall–Kier alpha value is -2.38. The van der Waals surface area contributed by atoms with Crippen molar-refractivity contribution in [2.45, 2.75) is 38.6 Å². The normalized spacial score (nSPS) is 13.8. The van der Waals surface area contributed by atoms with Crippen molar-refractivity contribution in [3.63, 3.8) is 0 Å². The standard InChI is InChI=1S/C21H27N3O/c1-2-13-24(16-20-10-6-9-19(14-20)15-22)17-21(25)23-12-11-18-7-4-3-5-8-18/h2,6-7,9-10,14H,1,3-5,8,11-13,16-17H2,(H,23,25). The van der Waals surface area contributed by atoms with Gasteiger partial charge in [0.15, 0.2) is 0 Å². The van der Waals surface area contributed by atoms with Crippen molar-refractivity contribution in [1.82, 2.24) is 10.2 Å². The van der Waals surface area contributed by atoms with Gasteiger partial charge in [-0.3, -0.25) is 9.69 Å². The molecule has 0 saturated heterocycles. The predicted octanol–water partition coefficient (Wildman–Crippen LogP) is 3.55. The molecule has 1 aromatic carbocycles. The van der Waals surface area contributed by atoms with Gasteiger partial charge in [0, 0.05) is 19.6 Å². The summed E-state index contributed by atoms with van der Waals surface area (Å²) in [5, 5.41) is 12.0. The van der Waals surface area contributed by atoms with Crippen LogP contribution in [0.5, 0.6) is 0 Å². The Balaban J connectivity index is 1.80. The maximum absolute atomic E-state index is 12.2. The highest BCUT2D eigenvalue weighted by atomic mass is 16.2. The number of carbonyl (C=O) groups excluding carboxylic acids is 1. The van der Waals surface area contributed by atoms with Crippen molar-refractivity contribution < 1.29 is 4.79 Å². The molecule has 1 N–H and O–H groups in total. The SMILES string of the molecule is C=CCN(CC(=O)NCCC1=CCCCC1)Cc1cccc(C#N)c1. The number of benzene rings is 1. The second-order valence-electron chi connectivity index (χ2n) is 6.48. The summed E-state index contributed by atoms with van der Waals surface area (Å²) in [4.78, 5) is 14.3. The van der Waals surface area contributed by atoms with E-state index in [1.165, 1.54) is 31.3 Å². The first-order valence-corrected chi connectivity index (χ1v) is 8.98. The van der Waals surface area contributed by atoms with Gasteiger partial charge in [-0.1, -0.05) is 29.9 Å². The lowest BCUT2D eigenvalue weighted by atomic mass is 9.97. The summed E-state index contributed by atoms with van der Waals surface area (Å²) in [6.45, 7) is 6.07. The summed E-state index contributed by atoms with van der Waals surface area (Å²) >= 11 is 0. The summed E-state index contributed by atoms with van der Waals surface area (Å²) in [5.41, 5.74) is 3.14. The molecule has 1 amide bonds. The van der Waals surface area contributed by atoms with Crippen LogP contribution in [0.25, 0.3) is 0 Å². The van der Waals surface area contributed by atoms with Crippen molar-refractivity contribution in [3.8, 4) is 6.07 Å². The number of nitrogens with zero attached hydrogens (tertiary/aromatic N) is 2. The third kappa shape index (κ3) is 6.94. The summed E-state index contributed by atoms with van der Waals surface area (Å²) in [5.74, 6) is 0.0368. The Morgan fingerprint density at radius 3 is 3.00 bits per heavy atom. The summed E-state index contributed by atoms with van der Waals surface area (Å²) in [7, 11) is 0. The van der Waals surface area contributed by atoms with Crippen LogP contribution < -0.4 is 5.32 Å². The Morgan fingerprint density at radius 2 is 2.28 bits per heavy atom. The molecule has 0 aromatic heterocycles. The molecule has 1 aliphatic rings. The lowest BCUT2D eigenvalue weighted by Crippen LogP contribution is -2.37. The quantitative estimate of drug-likeness (QED) is 0.701. The first-order valence-electron chi connectivity index (χ1n) is 8.98. The van der Waals surface area contributed by atoms with Crippen LogP contribution >= 0.6 is 0 Å². The van der Waals surface area contributed by atoms with E-state index in [0.29, 0.717) is 31.7 Å². The molecule has 0 fully saturated rings. The highest BCUT2D eigenvalue weighted by molar-refractivity contribution is 5.78. The van der Waals surface area contributed by atoms with E-state index in [4.69, 9.17) is 5.26 Å². The first-order chi connectivity index (χ1) is 12.2. The number of hydrogen-bond acceptors (Lipinski definition) is 3. The third-order valence-electron chi connectivity index (χ3n) is 4.37. The van der Waals surface area contributed by atoms with Crippen LogP contribution in [0, 0.1) is 11.3 Å². The monoisotopic (exact) mass is 337 g/mol. The smallest absolute Gasteiger partial charge is 0.234 e. The maximum Gasteiger partial charge on any atom is 0.234 e. The Kier molecular flexibility index (Phi) is 7.94. The van der Waals surface area contributed by atoms with Crippen LogP contribution in [-0.4, -0.2) is 30.4 Å². The molecule has 132 valence electrons. The predicted molar refractivity (Wildman–Crippen MR) is 101 cm³/mol. The first kappa shape index (κ1) is 19.0. The highest BCUT2D eigenvalue weighted by Crippen LogP contribution is 2.19. The van der Waals surface area contributed by atoms with Gasteiger partial charge in [0.2, 0.25) is 5.91 Å². The van der Waals surface area contributed by atoms with E-state index in [1.54, 1.807) is 12.1 Å². The molecular formula is C21H27N3O. The van der Waals surface area contributed by atoms with E-state index in [-0.39, 0.29) is 5.91 Å². The minimum atomic E-state index is 0.0368. The van der Waals surface area contributed by atoms with Gasteiger partial charge >= 0.3 is 0 Å². The minimum Gasteiger partial charge on any atom is -0.355 e. The van der Waals surface area contributed by atoms with Gasteiger partial charge in [0.05, 0.1) is 18.2 Å². The van der Waals surface area contributed by atoms with Gasteiger partial charge in [-0.2, -0.15) is 5.26 Å². The van der Waals surface area contributed by atoms with Gasteiger partial charge in [-0.05, 0) is 49.8 Å². The molecule has 0 unspecified atom stereocenters. The summed E-state index contributed by atoms with van der Waals surface area (Å²) in [6, 6.07) is 9.65. The fourth-order valence-corrected chi connectivity index (χ4v) is 3.12. The van der Waals surface area contributed by atoms with Gasteiger partial charge in [-0.25, -0.2) is 0 Å². The van der Waals surface area contributed by atoms with E-state index in [1.807, 2.05) is 23.1 Å². The number of carbonyl (C=O) groups is 1. The number of rotatable bonds is 9. The van der Waals surface area contributed by atoms with Crippen molar-refractivity contribution in [2.24, 2.45) is 0 Å². The molecule has 0 spiro atoms. The Bertz CT molecular complexity index is 657. The van der Waals surface area contributed by atoms with E-state index < -0.39 is 0 Å². The maximum atomic E-state index is 12.2. The molecule has 0 saturated carbocycles. The summed E-state index contributed by atoms with van der Waals surface area (Å²) in [6.07, 6.45) is 9.99. The largest absolute Gasteiger partial charge is 0.355 e. The van der Waals surface area contributed by atoms with Gasteiger partial charge < -0.3 is 5.32 Å². The van der Waals surface area contributed by atoms with Crippen LogP contribution in [0.2, 0.25) is 0 Å². The van der Waals surface area contributed by atoms with Crippen molar-refractivity contribution in [1.29, 1.82) is 5.26 Å². The molecule has 1 aliphatic carbocycles. The van der Waals surface area contributed by atoms with Crippen LogP contribution in [0.15, 0.2) is 48.6 Å². The molecule has 0 radical (unpaired) electrons. The molecule has 2 rings (SSSR count). The summed E-state index contributed by atoms with van der Waals surface area (Å²) < 4.78 is 0. The van der Waals surface area contributed by atoms with Crippen molar-refractivity contribution in [2.75, 3.05) is 19.6 Å². The fourth-order valence-electron chi connectivity index (χ4n) is 3.12. The number of amides is 1. The molecule has 0 heterocycles. The number of nitrogens with one attached hydrogen (secondary N) is 1. The average molecular weight is 337 g/mol. The molecular weight excluding hydrogens is 310 g/mol. The molecule has 25 heavy (non-hydrogen) atoms. The van der Waals surface area contributed by atoms with Crippen LogP contribution in [0.1, 0.15) is 43.2 Å². The molecule has 1 aromatic rings. The zero-order chi connectivity index (χ0) is 17.9. The Labute approximate surface area is 150 Å². The zero-order valence-electron chi connectivity index (χ0n) is 14.8. The van der Waals surface area contributed by atoms with Gasteiger partial charge in [-0.15, -0.1) is 6.58 Å². The minimum absolute atomic E-state index is 0.0368. The number of hydrogen-bond donors (Lipinski definition) is 1. The van der Waals surface area contributed by atoms with E-state index in [2.05, 4.69) is 24.0 Å². The van der Waals surface area contributed by atoms with Crippen molar-refractivity contribution >= 4 is 5.91 Å². The topological polar surface area (TPSA) is 56.1 Å². The zero-order valence-corrected chi connectivity index (χ0v) is 14.8. The molecule has 4 heteroatoms. The number of nitriles is 1. The fraction of sp³-hybridized carbons (Fsp3) is 0.429.